The van der Waals surface area contributed by atoms with Crippen LogP contribution in [0.15, 0.2) is 54.6 Å². The summed E-state index contributed by atoms with van der Waals surface area (Å²) in [7, 11) is 0. The second kappa shape index (κ2) is 9.92. The standard InChI is InChI=1S/C24H29N3O2/c1-4-8-24(28)25-14-7-11-23-26-20-9-5-6-10-21(20)27(23)15-16-29-22-13-12-18(2)17-19(22)3/h4-6,8-10,12-13,17H,7,11,14-16H2,1-3H3,(H,25,28)/b8-4-. The zero-order valence-electron chi connectivity index (χ0n) is 17.4. The third kappa shape index (κ3) is 5.47. The summed E-state index contributed by atoms with van der Waals surface area (Å²) in [6.07, 6.45) is 4.92. The zero-order chi connectivity index (χ0) is 20.6. The molecule has 0 saturated carbocycles. The van der Waals surface area contributed by atoms with E-state index in [1.807, 2.05) is 31.2 Å². The van der Waals surface area contributed by atoms with Crippen molar-refractivity contribution in [1.82, 2.24) is 14.9 Å². The molecule has 0 aliphatic carbocycles. The van der Waals surface area contributed by atoms with Gasteiger partial charge in [0.05, 0.1) is 17.6 Å². The van der Waals surface area contributed by atoms with E-state index < -0.39 is 0 Å². The van der Waals surface area contributed by atoms with E-state index in [1.54, 1.807) is 12.2 Å². The lowest BCUT2D eigenvalue weighted by Gasteiger charge is -2.13. The Kier molecular flexibility index (Phi) is 7.06. The Bertz CT molecular complexity index is 1000. The molecule has 0 atom stereocenters. The van der Waals surface area contributed by atoms with Crippen molar-refractivity contribution in [3.05, 3.63) is 71.6 Å². The average Bonchev–Trinajstić information content (AvgIpc) is 3.05. The summed E-state index contributed by atoms with van der Waals surface area (Å²) in [5, 5.41) is 2.90. The van der Waals surface area contributed by atoms with Crippen LogP contribution in [0.5, 0.6) is 5.75 Å². The van der Waals surface area contributed by atoms with Crippen molar-refractivity contribution in [2.24, 2.45) is 0 Å². The fraction of sp³-hybridized carbons (Fsp3) is 0.333. The van der Waals surface area contributed by atoms with Crippen LogP contribution in [0.1, 0.15) is 30.3 Å². The number of amides is 1. The number of carbonyl (C=O) groups is 1. The van der Waals surface area contributed by atoms with Crippen molar-refractivity contribution in [2.75, 3.05) is 13.2 Å². The number of nitrogens with zero attached hydrogens (tertiary/aromatic N) is 2. The first-order valence-electron chi connectivity index (χ1n) is 10.1. The van der Waals surface area contributed by atoms with Crippen molar-refractivity contribution in [1.29, 1.82) is 0 Å². The number of ether oxygens (including phenoxy) is 1. The van der Waals surface area contributed by atoms with Gasteiger partial charge in [0.2, 0.25) is 5.91 Å². The SMILES string of the molecule is C/C=C\C(=O)NCCCc1nc2ccccc2n1CCOc1ccc(C)cc1C. The van der Waals surface area contributed by atoms with Crippen molar-refractivity contribution in [3.63, 3.8) is 0 Å². The predicted octanol–water partition coefficient (Wildman–Crippen LogP) is 4.36. The van der Waals surface area contributed by atoms with Gasteiger partial charge in [0.1, 0.15) is 18.2 Å². The van der Waals surface area contributed by atoms with Crippen molar-refractivity contribution in [3.8, 4) is 5.75 Å². The van der Waals surface area contributed by atoms with Crippen molar-refractivity contribution >= 4 is 16.9 Å². The second-order valence-electron chi connectivity index (χ2n) is 7.18. The molecule has 0 aliphatic heterocycles. The number of allylic oxidation sites excluding steroid dienone is 1. The molecule has 0 unspecified atom stereocenters. The molecule has 1 aromatic heterocycles. The monoisotopic (exact) mass is 391 g/mol. The minimum atomic E-state index is -0.0529. The molecule has 5 heteroatoms. The largest absolute Gasteiger partial charge is 0.491 e. The first-order chi connectivity index (χ1) is 14.1. The van der Waals surface area contributed by atoms with Crippen LogP contribution in [0.2, 0.25) is 0 Å². The molecule has 0 fully saturated rings. The smallest absolute Gasteiger partial charge is 0.243 e. The third-order valence-electron chi connectivity index (χ3n) is 4.83. The molecule has 1 amide bonds. The van der Waals surface area contributed by atoms with Crippen LogP contribution in [-0.2, 0) is 17.8 Å². The van der Waals surface area contributed by atoms with E-state index in [1.165, 1.54) is 5.56 Å². The number of hydrogen-bond donors (Lipinski definition) is 1. The van der Waals surface area contributed by atoms with Gasteiger partial charge in [-0.2, -0.15) is 0 Å². The normalized spacial score (nSPS) is 11.3. The third-order valence-corrected chi connectivity index (χ3v) is 4.83. The second-order valence-corrected chi connectivity index (χ2v) is 7.18. The van der Waals surface area contributed by atoms with Crippen LogP contribution in [0.3, 0.4) is 0 Å². The van der Waals surface area contributed by atoms with Crippen LogP contribution < -0.4 is 10.1 Å². The molecule has 1 heterocycles. The highest BCUT2D eigenvalue weighted by molar-refractivity contribution is 5.87. The summed E-state index contributed by atoms with van der Waals surface area (Å²) in [6, 6.07) is 14.4. The molecule has 3 aromatic rings. The van der Waals surface area contributed by atoms with Crippen LogP contribution in [0.4, 0.5) is 0 Å². The summed E-state index contributed by atoms with van der Waals surface area (Å²) in [6.45, 7) is 7.93. The van der Waals surface area contributed by atoms with Gasteiger partial charge in [0.15, 0.2) is 0 Å². The Balaban J connectivity index is 1.65. The summed E-state index contributed by atoms with van der Waals surface area (Å²) in [5.41, 5.74) is 4.49. The fourth-order valence-corrected chi connectivity index (χ4v) is 3.44. The maximum absolute atomic E-state index is 11.6. The highest BCUT2D eigenvalue weighted by Gasteiger charge is 2.11. The van der Waals surface area contributed by atoms with Gasteiger partial charge in [-0.3, -0.25) is 4.79 Å². The van der Waals surface area contributed by atoms with Crippen LogP contribution in [0, 0.1) is 13.8 Å². The molecular weight excluding hydrogens is 362 g/mol. The highest BCUT2D eigenvalue weighted by atomic mass is 16.5. The molecule has 29 heavy (non-hydrogen) atoms. The number of nitrogens with one attached hydrogen (secondary N) is 1. The Morgan fingerprint density at radius 2 is 2.03 bits per heavy atom. The lowest BCUT2D eigenvalue weighted by molar-refractivity contribution is -0.116. The number of imidazole rings is 1. The maximum atomic E-state index is 11.6. The molecule has 0 saturated heterocycles. The minimum Gasteiger partial charge on any atom is -0.491 e. The molecule has 5 nitrogen and oxygen atoms in total. The van der Waals surface area contributed by atoms with Crippen LogP contribution in [0.25, 0.3) is 11.0 Å². The van der Waals surface area contributed by atoms with Crippen LogP contribution in [-0.4, -0.2) is 28.6 Å². The van der Waals surface area contributed by atoms with E-state index in [2.05, 4.69) is 41.9 Å². The quantitative estimate of drug-likeness (QED) is 0.436. The number of aryl methyl sites for hydroxylation is 3. The first kappa shape index (κ1) is 20.6. The van der Waals surface area contributed by atoms with E-state index in [9.17, 15) is 4.79 Å². The first-order valence-corrected chi connectivity index (χ1v) is 10.1. The van der Waals surface area contributed by atoms with Crippen LogP contribution >= 0.6 is 0 Å². The van der Waals surface area contributed by atoms with Gasteiger partial charge in [-0.25, -0.2) is 4.98 Å². The average molecular weight is 392 g/mol. The van der Waals surface area contributed by atoms with Gasteiger partial charge >= 0.3 is 0 Å². The Labute approximate surface area is 172 Å². The molecule has 2 aromatic carbocycles. The number of para-hydroxylation sites is 2. The zero-order valence-corrected chi connectivity index (χ0v) is 17.4. The Morgan fingerprint density at radius 3 is 2.83 bits per heavy atom. The summed E-state index contributed by atoms with van der Waals surface area (Å²) >= 11 is 0. The fourth-order valence-electron chi connectivity index (χ4n) is 3.44. The van der Waals surface area contributed by atoms with E-state index in [0.717, 1.165) is 47.6 Å². The van der Waals surface area contributed by atoms with Gasteiger partial charge in [-0.15, -0.1) is 0 Å². The summed E-state index contributed by atoms with van der Waals surface area (Å²) in [5.74, 6) is 1.90. The van der Waals surface area contributed by atoms with Gasteiger partial charge in [0.25, 0.3) is 0 Å². The molecule has 0 bridgehead atoms. The number of rotatable bonds is 9. The van der Waals surface area contributed by atoms with Gasteiger partial charge in [-0.1, -0.05) is 35.9 Å². The number of hydrogen-bond acceptors (Lipinski definition) is 3. The molecule has 3 rings (SSSR count). The van der Waals surface area contributed by atoms with Gasteiger partial charge in [-0.05, 0) is 57.0 Å². The van der Waals surface area contributed by atoms with E-state index in [0.29, 0.717) is 13.2 Å². The number of aromatic nitrogens is 2. The number of fused-ring (bicyclic) bond motifs is 1. The van der Waals surface area contributed by atoms with E-state index in [4.69, 9.17) is 9.72 Å². The molecular formula is C24H29N3O2. The maximum Gasteiger partial charge on any atom is 0.243 e. The Morgan fingerprint density at radius 1 is 1.21 bits per heavy atom. The lowest BCUT2D eigenvalue weighted by atomic mass is 10.1. The van der Waals surface area contributed by atoms with Crippen molar-refractivity contribution in [2.45, 2.75) is 40.2 Å². The lowest BCUT2D eigenvalue weighted by Crippen LogP contribution is -2.23. The number of carbonyl (C=O) groups excluding carboxylic acids is 1. The van der Waals surface area contributed by atoms with E-state index in [-0.39, 0.29) is 5.91 Å². The topological polar surface area (TPSA) is 56.2 Å². The molecule has 0 radical (unpaired) electrons. The van der Waals surface area contributed by atoms with Crippen molar-refractivity contribution < 1.29 is 9.53 Å². The van der Waals surface area contributed by atoms with Gasteiger partial charge < -0.3 is 14.6 Å². The molecule has 152 valence electrons. The highest BCUT2D eigenvalue weighted by Crippen LogP contribution is 2.20. The molecule has 1 N–H and O–H groups in total. The molecule has 0 spiro atoms. The minimum absolute atomic E-state index is 0.0529. The summed E-state index contributed by atoms with van der Waals surface area (Å²) < 4.78 is 8.27. The van der Waals surface area contributed by atoms with Gasteiger partial charge in [0, 0.05) is 13.0 Å². The van der Waals surface area contributed by atoms with E-state index >= 15 is 0 Å². The predicted molar refractivity (Wildman–Crippen MR) is 117 cm³/mol. The summed E-state index contributed by atoms with van der Waals surface area (Å²) in [4.78, 5) is 16.4. The molecule has 0 aliphatic rings. The Hall–Kier alpha value is -3.08. The number of benzene rings is 2.